The average molecular weight is 247 g/mol. The molecule has 0 aliphatic heterocycles. The van der Waals surface area contributed by atoms with Crippen LogP contribution in [0, 0.1) is 0 Å². The first-order valence-corrected chi connectivity index (χ1v) is 7.94. The Labute approximate surface area is 99.9 Å². The van der Waals surface area contributed by atoms with Crippen molar-refractivity contribution in [3.05, 3.63) is 0 Å². The lowest BCUT2D eigenvalue weighted by molar-refractivity contribution is 0.380. The smallest absolute Gasteiger partial charge is 0.156 e. The average Bonchev–Trinajstić information content (AvgIpc) is 2.17. The molecule has 0 spiro atoms. The topological polar surface area (TPSA) is 46.2 Å². The molecule has 0 aromatic carbocycles. The molecule has 16 heavy (non-hydrogen) atoms. The fourth-order valence-corrected chi connectivity index (χ4v) is 3.01. The first kappa shape index (κ1) is 14.0. The van der Waals surface area contributed by atoms with Crippen molar-refractivity contribution in [3.63, 3.8) is 0 Å². The first-order chi connectivity index (χ1) is 7.33. The highest BCUT2D eigenvalue weighted by molar-refractivity contribution is 7.92. The summed E-state index contributed by atoms with van der Waals surface area (Å²) in [5, 5.41) is 3.37. The van der Waals surface area contributed by atoms with Crippen LogP contribution in [0.1, 0.15) is 52.9 Å². The second-order valence-electron chi connectivity index (χ2n) is 5.72. The quantitative estimate of drug-likeness (QED) is 0.827. The third kappa shape index (κ3) is 4.06. The van der Waals surface area contributed by atoms with E-state index in [2.05, 4.69) is 5.32 Å². The summed E-state index contributed by atoms with van der Waals surface area (Å²) in [6.45, 7) is 5.90. The Morgan fingerprint density at radius 2 is 1.69 bits per heavy atom. The van der Waals surface area contributed by atoms with E-state index in [0.717, 1.165) is 0 Å². The van der Waals surface area contributed by atoms with Crippen LogP contribution >= 0.6 is 0 Å². The molecular formula is C12H25NO2S. The van der Waals surface area contributed by atoms with Crippen molar-refractivity contribution in [1.82, 2.24) is 5.32 Å². The van der Waals surface area contributed by atoms with Gasteiger partial charge in [0.2, 0.25) is 0 Å². The van der Waals surface area contributed by atoms with Gasteiger partial charge in [-0.05, 0) is 33.6 Å². The Morgan fingerprint density at radius 3 is 2.19 bits per heavy atom. The zero-order valence-electron chi connectivity index (χ0n) is 10.8. The molecule has 1 rings (SSSR count). The highest BCUT2D eigenvalue weighted by atomic mass is 32.2. The number of rotatable bonds is 4. The van der Waals surface area contributed by atoms with Gasteiger partial charge in [-0.2, -0.15) is 0 Å². The van der Waals surface area contributed by atoms with E-state index >= 15 is 0 Å². The van der Waals surface area contributed by atoms with Crippen molar-refractivity contribution in [1.29, 1.82) is 0 Å². The lowest BCUT2D eigenvalue weighted by Crippen LogP contribution is -2.38. The lowest BCUT2D eigenvalue weighted by atomic mass is 9.96. The van der Waals surface area contributed by atoms with Crippen LogP contribution in [0.25, 0.3) is 0 Å². The second kappa shape index (κ2) is 5.50. The largest absolute Gasteiger partial charge is 0.313 e. The van der Waals surface area contributed by atoms with E-state index in [0.29, 0.717) is 12.6 Å². The number of hydrogen-bond donors (Lipinski definition) is 1. The number of nitrogens with one attached hydrogen (secondary N) is 1. The van der Waals surface area contributed by atoms with Crippen molar-refractivity contribution in [2.45, 2.75) is 63.7 Å². The minimum Gasteiger partial charge on any atom is -0.313 e. The highest BCUT2D eigenvalue weighted by Gasteiger charge is 2.28. The Kier molecular flexibility index (Phi) is 4.80. The van der Waals surface area contributed by atoms with Crippen LogP contribution in [-0.4, -0.2) is 31.5 Å². The molecule has 0 heterocycles. The van der Waals surface area contributed by atoms with E-state index < -0.39 is 14.6 Å². The van der Waals surface area contributed by atoms with Gasteiger partial charge in [0.15, 0.2) is 9.84 Å². The maximum Gasteiger partial charge on any atom is 0.156 e. The van der Waals surface area contributed by atoms with Gasteiger partial charge in [0, 0.05) is 12.6 Å². The van der Waals surface area contributed by atoms with Gasteiger partial charge in [-0.1, -0.05) is 19.3 Å². The van der Waals surface area contributed by atoms with E-state index in [-0.39, 0.29) is 5.75 Å². The van der Waals surface area contributed by atoms with Crippen LogP contribution in [0.4, 0.5) is 0 Å². The van der Waals surface area contributed by atoms with Crippen LogP contribution in [0.3, 0.4) is 0 Å². The lowest BCUT2D eigenvalue weighted by Gasteiger charge is -2.24. The molecule has 3 nitrogen and oxygen atoms in total. The summed E-state index contributed by atoms with van der Waals surface area (Å²) in [6.07, 6.45) is 6.30. The van der Waals surface area contributed by atoms with Crippen LogP contribution in [-0.2, 0) is 9.84 Å². The summed E-state index contributed by atoms with van der Waals surface area (Å²) in [7, 11) is -2.96. The first-order valence-electron chi connectivity index (χ1n) is 6.28. The zero-order chi connectivity index (χ0) is 12.2. The SMILES string of the molecule is CC(C)(C)S(=O)(=O)CCNC1CCCCC1. The Hall–Kier alpha value is -0.0900. The van der Waals surface area contributed by atoms with Crippen LogP contribution in [0.5, 0.6) is 0 Å². The molecule has 1 saturated carbocycles. The van der Waals surface area contributed by atoms with Crippen LogP contribution in [0.2, 0.25) is 0 Å². The normalized spacial score (nSPS) is 19.9. The van der Waals surface area contributed by atoms with Gasteiger partial charge in [-0.3, -0.25) is 0 Å². The van der Waals surface area contributed by atoms with Crippen molar-refractivity contribution in [2.24, 2.45) is 0 Å². The molecular weight excluding hydrogens is 222 g/mol. The molecule has 1 fully saturated rings. The van der Waals surface area contributed by atoms with Gasteiger partial charge < -0.3 is 5.32 Å². The number of sulfone groups is 1. The van der Waals surface area contributed by atoms with Gasteiger partial charge in [-0.15, -0.1) is 0 Å². The molecule has 4 heteroatoms. The van der Waals surface area contributed by atoms with Crippen molar-refractivity contribution < 1.29 is 8.42 Å². The molecule has 0 aromatic rings. The zero-order valence-corrected chi connectivity index (χ0v) is 11.6. The van der Waals surface area contributed by atoms with Crippen LogP contribution < -0.4 is 5.32 Å². The minimum absolute atomic E-state index is 0.257. The molecule has 0 radical (unpaired) electrons. The number of hydrogen-bond acceptors (Lipinski definition) is 3. The van der Waals surface area contributed by atoms with E-state index in [4.69, 9.17) is 0 Å². The van der Waals surface area contributed by atoms with E-state index in [1.165, 1.54) is 32.1 Å². The summed E-state index contributed by atoms with van der Waals surface area (Å²) in [6, 6.07) is 0.545. The molecule has 0 atom stereocenters. The molecule has 1 N–H and O–H groups in total. The van der Waals surface area contributed by atoms with Gasteiger partial charge in [-0.25, -0.2) is 8.42 Å². The predicted molar refractivity (Wildman–Crippen MR) is 68.4 cm³/mol. The summed E-state index contributed by atoms with van der Waals surface area (Å²) < 4.78 is 23.1. The second-order valence-corrected chi connectivity index (χ2v) is 8.58. The van der Waals surface area contributed by atoms with Gasteiger partial charge >= 0.3 is 0 Å². The molecule has 1 aliphatic rings. The summed E-state index contributed by atoms with van der Waals surface area (Å²) in [5.74, 6) is 0.257. The molecule has 0 amide bonds. The maximum absolute atomic E-state index is 11.9. The summed E-state index contributed by atoms with van der Waals surface area (Å²) in [4.78, 5) is 0. The maximum atomic E-state index is 11.9. The van der Waals surface area contributed by atoms with Gasteiger partial charge in [0.1, 0.15) is 0 Å². The summed E-state index contributed by atoms with van der Waals surface area (Å²) in [5.41, 5.74) is 0. The molecule has 0 unspecified atom stereocenters. The Balaban J connectivity index is 2.29. The Bertz CT molecular complexity index is 297. The fourth-order valence-electron chi connectivity index (χ4n) is 2.01. The molecule has 96 valence electrons. The van der Waals surface area contributed by atoms with Gasteiger partial charge in [0.05, 0.1) is 10.5 Å². The molecule has 1 aliphatic carbocycles. The standard InChI is InChI=1S/C12H25NO2S/c1-12(2,3)16(14,15)10-9-13-11-7-5-4-6-8-11/h11,13H,4-10H2,1-3H3. The van der Waals surface area contributed by atoms with Gasteiger partial charge in [0.25, 0.3) is 0 Å². The minimum atomic E-state index is -2.96. The van der Waals surface area contributed by atoms with E-state index in [1.54, 1.807) is 20.8 Å². The van der Waals surface area contributed by atoms with Crippen LogP contribution in [0.15, 0.2) is 0 Å². The third-order valence-electron chi connectivity index (χ3n) is 3.34. The van der Waals surface area contributed by atoms with Crippen molar-refractivity contribution in [2.75, 3.05) is 12.3 Å². The van der Waals surface area contributed by atoms with E-state index in [1.807, 2.05) is 0 Å². The highest BCUT2D eigenvalue weighted by Crippen LogP contribution is 2.18. The Morgan fingerprint density at radius 1 is 1.12 bits per heavy atom. The monoisotopic (exact) mass is 247 g/mol. The molecule has 0 aromatic heterocycles. The predicted octanol–water partition coefficient (Wildman–Crippen LogP) is 2.12. The molecule has 0 saturated heterocycles. The summed E-state index contributed by atoms with van der Waals surface area (Å²) >= 11 is 0. The van der Waals surface area contributed by atoms with Crippen molar-refractivity contribution in [3.8, 4) is 0 Å². The van der Waals surface area contributed by atoms with Crippen molar-refractivity contribution >= 4 is 9.84 Å². The van der Waals surface area contributed by atoms with E-state index in [9.17, 15) is 8.42 Å². The molecule has 0 bridgehead atoms. The fraction of sp³-hybridized carbons (Fsp3) is 1.00. The third-order valence-corrected chi connectivity index (χ3v) is 5.95.